The van der Waals surface area contributed by atoms with E-state index in [-0.39, 0.29) is 5.91 Å². The van der Waals surface area contributed by atoms with Crippen molar-refractivity contribution in [1.29, 1.82) is 0 Å². The minimum Gasteiger partial charge on any atom is -0.464 e. The van der Waals surface area contributed by atoms with Gasteiger partial charge in [0.1, 0.15) is 5.76 Å². The average molecular weight is 252 g/mol. The summed E-state index contributed by atoms with van der Waals surface area (Å²) in [5.41, 5.74) is 3.68. The van der Waals surface area contributed by atoms with Crippen LogP contribution < -0.4 is 11.3 Å². The van der Waals surface area contributed by atoms with Crippen LogP contribution in [0.2, 0.25) is 0 Å². The van der Waals surface area contributed by atoms with Crippen LogP contribution in [0.5, 0.6) is 0 Å². The number of hydrogen-bond acceptors (Lipinski definition) is 3. The molecule has 3 rings (SSSR count). The molecule has 0 aliphatic heterocycles. The van der Waals surface area contributed by atoms with Gasteiger partial charge in [-0.15, -0.1) is 0 Å². The van der Waals surface area contributed by atoms with Gasteiger partial charge in [0.05, 0.1) is 6.26 Å². The largest absolute Gasteiger partial charge is 0.464 e. The van der Waals surface area contributed by atoms with Crippen LogP contribution in [0.15, 0.2) is 59.2 Å². The monoisotopic (exact) mass is 252 g/mol. The van der Waals surface area contributed by atoms with E-state index >= 15 is 0 Å². The van der Waals surface area contributed by atoms with Gasteiger partial charge >= 0.3 is 0 Å². The predicted molar refractivity (Wildman–Crippen MR) is 73.3 cm³/mol. The Bertz CT molecular complexity index is 733. The maximum Gasteiger partial charge on any atom is 0.265 e. The molecule has 0 atom stereocenters. The number of carbonyl (C=O) groups is 1. The normalized spacial score (nSPS) is 10.6. The molecule has 19 heavy (non-hydrogen) atoms. The van der Waals surface area contributed by atoms with Gasteiger partial charge in [-0.3, -0.25) is 10.2 Å². The summed E-state index contributed by atoms with van der Waals surface area (Å²) in [6.07, 6.45) is 1.65. The average Bonchev–Trinajstić information content (AvgIpc) is 2.99. The molecule has 0 saturated heterocycles. The summed E-state index contributed by atoms with van der Waals surface area (Å²) in [4.78, 5) is 11.5. The van der Waals surface area contributed by atoms with Crippen molar-refractivity contribution in [3.63, 3.8) is 0 Å². The van der Waals surface area contributed by atoms with Crippen LogP contribution in [0, 0.1) is 0 Å². The molecule has 3 aromatic rings. The molecule has 4 heteroatoms. The number of benzene rings is 2. The number of hydrogen-bond donors (Lipinski definition) is 2. The number of nitrogens with one attached hydrogen (secondary N) is 1. The lowest BCUT2D eigenvalue weighted by molar-refractivity contribution is 0.0954. The number of furan rings is 1. The van der Waals surface area contributed by atoms with Crippen LogP contribution in [0.25, 0.3) is 22.1 Å². The lowest BCUT2D eigenvalue weighted by Crippen LogP contribution is -2.29. The zero-order valence-corrected chi connectivity index (χ0v) is 10.1. The minimum absolute atomic E-state index is 0.294. The van der Waals surface area contributed by atoms with Crippen molar-refractivity contribution in [2.24, 2.45) is 5.84 Å². The highest BCUT2D eigenvalue weighted by Gasteiger charge is 2.06. The van der Waals surface area contributed by atoms with E-state index in [1.165, 1.54) is 0 Å². The van der Waals surface area contributed by atoms with Crippen molar-refractivity contribution < 1.29 is 9.21 Å². The molecule has 1 aromatic heterocycles. The zero-order valence-electron chi connectivity index (χ0n) is 10.1. The molecule has 4 nitrogen and oxygen atoms in total. The van der Waals surface area contributed by atoms with E-state index in [1.807, 2.05) is 42.5 Å². The predicted octanol–water partition coefficient (Wildman–Crippen LogP) is 2.70. The molecule has 94 valence electrons. The topological polar surface area (TPSA) is 68.3 Å². The van der Waals surface area contributed by atoms with Crippen molar-refractivity contribution in [2.45, 2.75) is 0 Å². The van der Waals surface area contributed by atoms with Gasteiger partial charge in [-0.2, -0.15) is 0 Å². The second-order valence-corrected chi connectivity index (χ2v) is 4.23. The second-order valence-electron chi connectivity index (χ2n) is 4.23. The van der Waals surface area contributed by atoms with E-state index < -0.39 is 0 Å². The van der Waals surface area contributed by atoms with Crippen LogP contribution >= 0.6 is 0 Å². The van der Waals surface area contributed by atoms with Gasteiger partial charge in [0.2, 0.25) is 0 Å². The fourth-order valence-electron chi connectivity index (χ4n) is 2.07. The van der Waals surface area contributed by atoms with Crippen molar-refractivity contribution in [3.05, 3.63) is 60.4 Å². The maximum atomic E-state index is 11.5. The number of nitrogen functional groups attached to an aromatic ring is 1. The quantitative estimate of drug-likeness (QED) is 0.418. The van der Waals surface area contributed by atoms with E-state index in [0.717, 1.165) is 22.1 Å². The summed E-state index contributed by atoms with van der Waals surface area (Å²) in [7, 11) is 0. The molecule has 0 spiro atoms. The fraction of sp³-hybridized carbons (Fsp3) is 0. The molecule has 1 heterocycles. The summed E-state index contributed by atoms with van der Waals surface area (Å²) < 4.78 is 5.37. The highest BCUT2D eigenvalue weighted by molar-refractivity contribution is 5.98. The summed E-state index contributed by atoms with van der Waals surface area (Å²) >= 11 is 0. The standard InChI is InChI=1S/C15H12N2O2/c16-17-15(18)13-6-4-10-8-12(5-3-11(10)9-13)14-2-1-7-19-14/h1-9H,16H2,(H,17,18). The second kappa shape index (κ2) is 4.59. The van der Waals surface area contributed by atoms with E-state index in [9.17, 15) is 4.79 Å². The maximum absolute atomic E-state index is 11.5. The third kappa shape index (κ3) is 2.09. The summed E-state index contributed by atoms with van der Waals surface area (Å²) in [6.45, 7) is 0. The van der Waals surface area contributed by atoms with Gasteiger partial charge in [0, 0.05) is 11.1 Å². The molecule has 0 unspecified atom stereocenters. The van der Waals surface area contributed by atoms with E-state index in [0.29, 0.717) is 5.56 Å². The number of amides is 1. The smallest absolute Gasteiger partial charge is 0.265 e. The minimum atomic E-state index is -0.294. The van der Waals surface area contributed by atoms with Crippen molar-refractivity contribution >= 4 is 16.7 Å². The fourth-order valence-corrected chi connectivity index (χ4v) is 2.07. The Morgan fingerprint density at radius 3 is 2.58 bits per heavy atom. The molecule has 0 fully saturated rings. The summed E-state index contributed by atoms with van der Waals surface area (Å²) in [6, 6.07) is 15.2. The molecule has 0 radical (unpaired) electrons. The molecule has 2 aromatic carbocycles. The van der Waals surface area contributed by atoms with Crippen LogP contribution in [0.4, 0.5) is 0 Å². The molecule has 0 saturated carbocycles. The number of hydrazine groups is 1. The highest BCUT2D eigenvalue weighted by atomic mass is 16.3. The van der Waals surface area contributed by atoms with Crippen molar-refractivity contribution in [3.8, 4) is 11.3 Å². The Hall–Kier alpha value is -2.59. The molecule has 1 amide bonds. The van der Waals surface area contributed by atoms with E-state index in [1.54, 1.807) is 12.3 Å². The molecule has 0 aliphatic carbocycles. The van der Waals surface area contributed by atoms with Crippen LogP contribution in [-0.4, -0.2) is 5.91 Å². The first-order valence-corrected chi connectivity index (χ1v) is 5.86. The Morgan fingerprint density at radius 1 is 1.05 bits per heavy atom. The first kappa shape index (κ1) is 11.5. The number of rotatable bonds is 2. The van der Waals surface area contributed by atoms with E-state index in [4.69, 9.17) is 10.3 Å². The Labute approximate surface area is 109 Å². The van der Waals surface area contributed by atoms with Gasteiger partial charge < -0.3 is 4.42 Å². The van der Waals surface area contributed by atoms with Crippen LogP contribution in [0.1, 0.15) is 10.4 Å². The SMILES string of the molecule is NNC(=O)c1ccc2cc(-c3ccco3)ccc2c1. The van der Waals surface area contributed by atoms with Gasteiger partial charge in [0.15, 0.2) is 0 Å². The van der Waals surface area contributed by atoms with Crippen LogP contribution in [0.3, 0.4) is 0 Å². The Balaban J connectivity index is 2.08. The number of carbonyl (C=O) groups excluding carboxylic acids is 1. The van der Waals surface area contributed by atoms with E-state index in [2.05, 4.69) is 5.43 Å². The first-order valence-electron chi connectivity index (χ1n) is 5.86. The number of fused-ring (bicyclic) bond motifs is 1. The van der Waals surface area contributed by atoms with Gasteiger partial charge in [-0.1, -0.05) is 18.2 Å². The molecule has 0 aliphatic rings. The third-order valence-electron chi connectivity index (χ3n) is 3.04. The molecular formula is C15H12N2O2. The third-order valence-corrected chi connectivity index (χ3v) is 3.04. The summed E-state index contributed by atoms with van der Waals surface area (Å²) in [5.74, 6) is 5.65. The van der Waals surface area contributed by atoms with Crippen LogP contribution in [-0.2, 0) is 0 Å². The Kier molecular flexibility index (Phi) is 2.78. The van der Waals surface area contributed by atoms with Gasteiger partial charge in [-0.25, -0.2) is 5.84 Å². The summed E-state index contributed by atoms with van der Waals surface area (Å²) in [5, 5.41) is 2.03. The molecule has 0 bridgehead atoms. The zero-order chi connectivity index (χ0) is 13.2. The van der Waals surface area contributed by atoms with Crippen molar-refractivity contribution in [2.75, 3.05) is 0 Å². The van der Waals surface area contributed by atoms with Crippen molar-refractivity contribution in [1.82, 2.24) is 5.43 Å². The lowest BCUT2D eigenvalue weighted by atomic mass is 10.0. The van der Waals surface area contributed by atoms with Gasteiger partial charge in [-0.05, 0) is 41.1 Å². The highest BCUT2D eigenvalue weighted by Crippen LogP contribution is 2.25. The van der Waals surface area contributed by atoms with Gasteiger partial charge in [0.25, 0.3) is 5.91 Å². The lowest BCUT2D eigenvalue weighted by Gasteiger charge is -2.04. The number of nitrogens with two attached hydrogens (primary N) is 1. The molecular weight excluding hydrogens is 240 g/mol. The first-order chi connectivity index (χ1) is 9.28. The molecule has 3 N–H and O–H groups in total. The Morgan fingerprint density at radius 2 is 1.84 bits per heavy atom.